The predicted octanol–water partition coefficient (Wildman–Crippen LogP) is 3.13. The number of anilines is 2. The number of aromatic nitrogens is 4. The van der Waals surface area contributed by atoms with Gasteiger partial charge in [0.25, 0.3) is 0 Å². The lowest BCUT2D eigenvalue weighted by molar-refractivity contribution is 0.152. The monoisotopic (exact) mass is 476 g/mol. The predicted molar refractivity (Wildman–Crippen MR) is 124 cm³/mol. The smallest absolute Gasteiger partial charge is 0.231 e. The first-order valence-corrected chi connectivity index (χ1v) is 11.9. The zero-order valence-corrected chi connectivity index (χ0v) is 19.2. The molecule has 0 unspecified atom stereocenters. The fourth-order valence-corrected chi connectivity index (χ4v) is 5.84. The third-order valence-electron chi connectivity index (χ3n) is 7.41. The van der Waals surface area contributed by atoms with E-state index in [4.69, 9.17) is 16.9 Å². The van der Waals surface area contributed by atoms with Crippen LogP contribution in [0, 0.1) is 22.6 Å². The molecule has 3 aromatic rings. The first kappa shape index (κ1) is 20.2. The van der Waals surface area contributed by atoms with Crippen LogP contribution >= 0.6 is 11.6 Å². The highest BCUT2D eigenvalue weighted by molar-refractivity contribution is 6.30. The quantitative estimate of drug-likeness (QED) is 0.574. The maximum absolute atomic E-state index is 14.3. The van der Waals surface area contributed by atoms with Gasteiger partial charge in [-0.05, 0) is 48.7 Å². The molecule has 1 spiro atoms. The van der Waals surface area contributed by atoms with Gasteiger partial charge in [0.1, 0.15) is 11.8 Å². The maximum Gasteiger partial charge on any atom is 0.231 e. The summed E-state index contributed by atoms with van der Waals surface area (Å²) < 4.78 is 16.5. The van der Waals surface area contributed by atoms with E-state index < -0.39 is 0 Å². The summed E-state index contributed by atoms with van der Waals surface area (Å²) in [5.74, 6) is 1.70. The number of nitriles is 1. The van der Waals surface area contributed by atoms with Crippen molar-refractivity contribution in [1.29, 1.82) is 5.26 Å². The highest BCUT2D eigenvalue weighted by Gasteiger charge is 2.54. The average molecular weight is 477 g/mol. The van der Waals surface area contributed by atoms with E-state index in [0.717, 1.165) is 48.7 Å². The Labute approximate surface area is 201 Å². The Morgan fingerprint density at radius 2 is 1.82 bits per heavy atom. The summed E-state index contributed by atoms with van der Waals surface area (Å²) >= 11 is 6.35. The number of halogens is 2. The summed E-state index contributed by atoms with van der Waals surface area (Å²) in [4.78, 5) is 10.8. The second-order valence-electron chi connectivity index (χ2n) is 9.99. The molecule has 1 saturated carbocycles. The van der Waals surface area contributed by atoms with E-state index in [9.17, 15) is 4.39 Å². The average Bonchev–Trinajstić information content (AvgIpc) is 3.56. The topological polar surface area (TPSA) is 77.1 Å². The molecule has 4 aliphatic rings. The van der Waals surface area contributed by atoms with Crippen molar-refractivity contribution in [3.8, 4) is 11.8 Å². The van der Waals surface area contributed by atoms with Gasteiger partial charge in [-0.25, -0.2) is 9.37 Å². The van der Waals surface area contributed by atoms with E-state index in [2.05, 4.69) is 41.7 Å². The van der Waals surface area contributed by atoms with Crippen LogP contribution in [0.25, 0.3) is 5.69 Å². The van der Waals surface area contributed by atoms with Gasteiger partial charge in [-0.1, -0.05) is 11.6 Å². The summed E-state index contributed by atoms with van der Waals surface area (Å²) in [7, 11) is 0. The van der Waals surface area contributed by atoms with E-state index in [1.807, 2.05) is 17.0 Å². The van der Waals surface area contributed by atoms with Gasteiger partial charge in [-0.3, -0.25) is 9.47 Å². The van der Waals surface area contributed by atoms with Crippen molar-refractivity contribution in [2.75, 3.05) is 36.0 Å². The van der Waals surface area contributed by atoms with E-state index in [-0.39, 0.29) is 22.7 Å². The van der Waals surface area contributed by atoms with Gasteiger partial charge in [-0.15, -0.1) is 10.2 Å². The van der Waals surface area contributed by atoms with E-state index >= 15 is 0 Å². The molecule has 0 N–H and O–H groups in total. The van der Waals surface area contributed by atoms with E-state index in [1.54, 1.807) is 0 Å². The standard InChI is InChI=1S/C24H22ClFN8/c25-16-1-6-20-15(7-16)9-31(18-3-4-18)10-21-29-30-23(34(20)21)33-13-24(14-33)11-32(12-24)22-19(26)5-2-17(8-27)28-22/h1-2,5-7,18H,3-4,9-14H2. The van der Waals surface area contributed by atoms with Gasteiger partial charge >= 0.3 is 0 Å². The van der Waals surface area contributed by atoms with Crippen LogP contribution < -0.4 is 9.80 Å². The molecule has 7 rings (SSSR count). The van der Waals surface area contributed by atoms with E-state index in [0.29, 0.717) is 19.1 Å². The summed E-state index contributed by atoms with van der Waals surface area (Å²) in [6.07, 6.45) is 2.46. The summed E-state index contributed by atoms with van der Waals surface area (Å²) in [5, 5.41) is 19.0. The maximum atomic E-state index is 14.3. The van der Waals surface area contributed by atoms with Gasteiger partial charge in [0, 0.05) is 49.2 Å². The highest BCUT2D eigenvalue weighted by atomic mass is 35.5. The summed E-state index contributed by atoms with van der Waals surface area (Å²) in [6.45, 7) is 4.72. The van der Waals surface area contributed by atoms with Crippen LogP contribution in [0.3, 0.4) is 0 Å². The van der Waals surface area contributed by atoms with Crippen LogP contribution in [0.2, 0.25) is 5.02 Å². The molecule has 0 amide bonds. The third-order valence-corrected chi connectivity index (χ3v) is 7.64. The van der Waals surface area contributed by atoms with Crippen LogP contribution in [0.4, 0.5) is 16.2 Å². The zero-order valence-electron chi connectivity index (χ0n) is 18.5. The number of rotatable bonds is 3. The lowest BCUT2D eigenvalue weighted by Crippen LogP contribution is -2.73. The first-order valence-electron chi connectivity index (χ1n) is 11.6. The summed E-state index contributed by atoms with van der Waals surface area (Å²) in [5.41, 5.74) is 2.61. The van der Waals surface area contributed by atoms with Gasteiger partial charge in [0.2, 0.25) is 5.95 Å². The molecule has 10 heteroatoms. The molecule has 2 aromatic heterocycles. The van der Waals surface area contributed by atoms with Crippen molar-refractivity contribution < 1.29 is 4.39 Å². The normalized spacial score (nSPS) is 20.7. The minimum absolute atomic E-state index is 0.0801. The third kappa shape index (κ3) is 3.09. The Balaban J connectivity index is 1.13. The number of fused-ring (bicyclic) bond motifs is 3. The van der Waals surface area contributed by atoms with Crippen LogP contribution in [-0.2, 0) is 13.1 Å². The number of nitrogens with zero attached hydrogens (tertiary/aromatic N) is 8. The van der Waals surface area contributed by atoms with Crippen molar-refractivity contribution in [2.45, 2.75) is 32.0 Å². The van der Waals surface area contributed by atoms with Gasteiger partial charge in [-0.2, -0.15) is 5.26 Å². The molecule has 0 radical (unpaired) electrons. The SMILES string of the molecule is N#Cc1ccc(F)c(N2CC3(C2)CN(c2nnc4n2-c2ccc(Cl)cc2CN(C2CC2)C4)C3)n1. The molecular formula is C24H22ClFN8. The molecule has 0 bridgehead atoms. The largest absolute Gasteiger partial charge is 0.353 e. The number of hydrogen-bond acceptors (Lipinski definition) is 7. The first-order chi connectivity index (χ1) is 16.5. The van der Waals surface area contributed by atoms with Crippen LogP contribution in [0.1, 0.15) is 29.9 Å². The lowest BCUT2D eigenvalue weighted by atomic mass is 9.73. The number of benzene rings is 1. The Morgan fingerprint density at radius 3 is 2.59 bits per heavy atom. The number of pyridine rings is 1. The van der Waals surface area contributed by atoms with Crippen LogP contribution in [0.15, 0.2) is 30.3 Å². The molecule has 3 aliphatic heterocycles. The van der Waals surface area contributed by atoms with Crippen molar-refractivity contribution in [1.82, 2.24) is 24.6 Å². The molecule has 0 atom stereocenters. The lowest BCUT2D eigenvalue weighted by Gasteiger charge is -2.60. The van der Waals surface area contributed by atoms with Crippen molar-refractivity contribution in [2.24, 2.45) is 5.41 Å². The fraction of sp³-hybridized carbons (Fsp3) is 0.417. The molecule has 172 valence electrons. The van der Waals surface area contributed by atoms with Crippen molar-refractivity contribution in [3.63, 3.8) is 0 Å². The molecular weight excluding hydrogens is 455 g/mol. The van der Waals surface area contributed by atoms with E-state index in [1.165, 1.54) is 30.5 Å². The van der Waals surface area contributed by atoms with Gasteiger partial charge in [0.15, 0.2) is 17.5 Å². The Hall–Kier alpha value is -3.22. The summed E-state index contributed by atoms with van der Waals surface area (Å²) in [6, 6.07) is 11.4. The second-order valence-corrected chi connectivity index (χ2v) is 10.4. The Morgan fingerprint density at radius 1 is 1.03 bits per heavy atom. The minimum atomic E-state index is -0.386. The Kier molecular flexibility index (Phi) is 4.24. The molecule has 3 fully saturated rings. The fourth-order valence-electron chi connectivity index (χ4n) is 5.65. The van der Waals surface area contributed by atoms with Gasteiger partial charge in [0.05, 0.1) is 12.2 Å². The molecule has 1 aliphatic carbocycles. The van der Waals surface area contributed by atoms with Crippen molar-refractivity contribution >= 4 is 23.4 Å². The minimum Gasteiger partial charge on any atom is -0.353 e. The second kappa shape index (κ2) is 7.14. The number of hydrogen-bond donors (Lipinski definition) is 0. The Bertz CT molecular complexity index is 1350. The molecule has 8 nitrogen and oxygen atoms in total. The van der Waals surface area contributed by atoms with Gasteiger partial charge < -0.3 is 9.80 Å². The molecule has 2 saturated heterocycles. The molecule has 1 aromatic carbocycles. The highest BCUT2D eigenvalue weighted by Crippen LogP contribution is 2.44. The van der Waals surface area contributed by atoms with Crippen molar-refractivity contribution in [3.05, 3.63) is 58.3 Å². The van der Waals surface area contributed by atoms with Crippen LogP contribution in [0.5, 0.6) is 0 Å². The molecule has 5 heterocycles. The zero-order chi connectivity index (χ0) is 23.0. The van der Waals surface area contributed by atoms with Crippen LogP contribution in [-0.4, -0.2) is 56.9 Å². The molecule has 34 heavy (non-hydrogen) atoms.